The zero-order valence-corrected chi connectivity index (χ0v) is 12.6. The third-order valence-corrected chi connectivity index (χ3v) is 3.81. The van der Waals surface area contributed by atoms with Crippen LogP contribution in [0.25, 0.3) is 5.69 Å². The number of nitrogens with two attached hydrogens (primary N) is 1. The lowest BCUT2D eigenvalue weighted by Gasteiger charge is -2.12. The first kappa shape index (κ1) is 15.0. The molecule has 23 heavy (non-hydrogen) atoms. The molecule has 2 amide bonds. The maximum Gasteiger partial charge on any atom is 0.262 e. The second-order valence-electron chi connectivity index (χ2n) is 5.30. The number of hydrogen-bond donors (Lipinski definition) is 3. The zero-order valence-electron chi connectivity index (χ0n) is 12.6. The topological polar surface area (TPSA) is 106 Å². The fourth-order valence-corrected chi connectivity index (χ4v) is 2.63. The van der Waals surface area contributed by atoms with Gasteiger partial charge in [0.05, 0.1) is 16.8 Å². The van der Waals surface area contributed by atoms with Gasteiger partial charge in [0, 0.05) is 6.07 Å². The number of benzene rings is 1. The second-order valence-corrected chi connectivity index (χ2v) is 5.30. The molecule has 4 N–H and O–H groups in total. The summed E-state index contributed by atoms with van der Waals surface area (Å²) in [5.74, 6) is -1.20. The molecule has 7 heteroatoms. The molecular weight excluding hydrogens is 296 g/mol. The van der Waals surface area contributed by atoms with E-state index in [-0.39, 0.29) is 16.9 Å². The molecule has 0 unspecified atom stereocenters. The van der Waals surface area contributed by atoms with Gasteiger partial charge in [-0.25, -0.2) is 0 Å². The Labute approximate surface area is 132 Å². The number of nitrogens with one attached hydrogen (secondary N) is 2. The molecule has 0 saturated carbocycles. The van der Waals surface area contributed by atoms with Crippen molar-refractivity contribution in [1.29, 1.82) is 0 Å². The highest BCUT2D eigenvalue weighted by Crippen LogP contribution is 2.22. The molecular formula is C16H16N4O3. The van der Waals surface area contributed by atoms with Crippen LogP contribution >= 0.6 is 0 Å². The summed E-state index contributed by atoms with van der Waals surface area (Å²) in [6.45, 7) is 0.850. The Kier molecular flexibility index (Phi) is 3.71. The van der Waals surface area contributed by atoms with E-state index in [1.165, 1.54) is 4.57 Å². The molecule has 0 spiro atoms. The Morgan fingerprint density at radius 3 is 2.48 bits per heavy atom. The number of anilines is 1. The highest BCUT2D eigenvalue weighted by atomic mass is 16.2. The zero-order chi connectivity index (χ0) is 16.6. The minimum absolute atomic E-state index is 0.0272. The molecule has 2 aromatic rings. The van der Waals surface area contributed by atoms with Crippen LogP contribution in [0.2, 0.25) is 0 Å². The summed E-state index contributed by atoms with van der Waals surface area (Å²) in [4.78, 5) is 35.8. The van der Waals surface area contributed by atoms with Crippen molar-refractivity contribution < 1.29 is 9.59 Å². The summed E-state index contributed by atoms with van der Waals surface area (Å²) in [5.41, 5.74) is 7.27. The van der Waals surface area contributed by atoms with Crippen molar-refractivity contribution in [3.8, 4) is 5.69 Å². The van der Waals surface area contributed by atoms with Crippen LogP contribution in [-0.2, 0) is 6.42 Å². The number of pyridine rings is 1. The van der Waals surface area contributed by atoms with Crippen molar-refractivity contribution in [2.75, 3.05) is 19.3 Å². The van der Waals surface area contributed by atoms with Crippen LogP contribution < -0.4 is 21.9 Å². The average molecular weight is 312 g/mol. The van der Waals surface area contributed by atoms with Gasteiger partial charge in [-0.2, -0.15) is 0 Å². The first-order valence-electron chi connectivity index (χ1n) is 7.18. The van der Waals surface area contributed by atoms with Crippen LogP contribution in [0.1, 0.15) is 26.3 Å². The van der Waals surface area contributed by atoms with Crippen molar-refractivity contribution in [3.05, 3.63) is 57.4 Å². The molecule has 0 radical (unpaired) electrons. The summed E-state index contributed by atoms with van der Waals surface area (Å²) >= 11 is 0. The number of amides is 2. The first-order chi connectivity index (χ1) is 11.0. The maximum absolute atomic E-state index is 12.3. The molecule has 7 nitrogen and oxygen atoms in total. The Balaban J connectivity index is 2.07. The molecule has 1 aliphatic heterocycles. The van der Waals surface area contributed by atoms with Crippen molar-refractivity contribution in [1.82, 2.24) is 15.2 Å². The second kappa shape index (κ2) is 5.69. The van der Waals surface area contributed by atoms with E-state index >= 15 is 0 Å². The van der Waals surface area contributed by atoms with E-state index in [9.17, 15) is 14.4 Å². The predicted octanol–water partition coefficient (Wildman–Crippen LogP) is 0.0652. The summed E-state index contributed by atoms with van der Waals surface area (Å²) in [7, 11) is 1.88. The van der Waals surface area contributed by atoms with Crippen LogP contribution in [0.15, 0.2) is 35.1 Å². The molecule has 0 saturated heterocycles. The van der Waals surface area contributed by atoms with E-state index < -0.39 is 17.4 Å². The third-order valence-electron chi connectivity index (χ3n) is 3.81. The SMILES string of the molecule is CNCCc1ccc(-n2c(N)c3c(cc2=O)C(=O)NC3=O)cc1. The van der Waals surface area contributed by atoms with Crippen LogP contribution in [-0.4, -0.2) is 30.0 Å². The summed E-state index contributed by atoms with van der Waals surface area (Å²) in [6, 6.07) is 8.47. The van der Waals surface area contributed by atoms with Gasteiger partial charge in [0.1, 0.15) is 5.82 Å². The molecule has 118 valence electrons. The number of carbonyl (C=O) groups is 2. The van der Waals surface area contributed by atoms with Crippen LogP contribution in [0, 0.1) is 0 Å². The number of likely N-dealkylation sites (N-methyl/N-ethyl adjacent to an activating group) is 1. The fourth-order valence-electron chi connectivity index (χ4n) is 2.63. The van der Waals surface area contributed by atoms with Crippen molar-refractivity contribution >= 4 is 17.6 Å². The smallest absolute Gasteiger partial charge is 0.262 e. The van der Waals surface area contributed by atoms with E-state index in [1.807, 2.05) is 19.2 Å². The lowest BCUT2D eigenvalue weighted by molar-refractivity contribution is 0.0880. The number of rotatable bonds is 4. The monoisotopic (exact) mass is 312 g/mol. The van der Waals surface area contributed by atoms with Gasteiger partial charge >= 0.3 is 0 Å². The standard InChI is InChI=1S/C16H16N4O3/c1-18-7-6-9-2-4-10(5-3-9)20-12(21)8-11-13(14(20)17)16(23)19-15(11)22/h2-5,8,18H,6-7,17H2,1H3,(H,19,22,23). The summed E-state index contributed by atoms with van der Waals surface area (Å²) in [6.07, 6.45) is 0.863. The average Bonchev–Trinajstić information content (AvgIpc) is 2.81. The summed E-state index contributed by atoms with van der Waals surface area (Å²) in [5, 5.41) is 5.21. The van der Waals surface area contributed by atoms with E-state index in [4.69, 9.17) is 5.73 Å². The predicted molar refractivity (Wildman–Crippen MR) is 85.9 cm³/mol. The highest BCUT2D eigenvalue weighted by Gasteiger charge is 2.31. The number of aromatic nitrogens is 1. The quantitative estimate of drug-likeness (QED) is 0.693. The number of nitrogen functional groups attached to an aromatic ring is 1. The van der Waals surface area contributed by atoms with Crippen molar-refractivity contribution in [3.63, 3.8) is 0 Å². The Morgan fingerprint density at radius 2 is 1.83 bits per heavy atom. The largest absolute Gasteiger partial charge is 0.384 e. The van der Waals surface area contributed by atoms with E-state index in [1.54, 1.807) is 12.1 Å². The van der Waals surface area contributed by atoms with Gasteiger partial charge in [0.2, 0.25) is 0 Å². The minimum atomic E-state index is -0.594. The Hall–Kier alpha value is -2.93. The molecule has 1 aromatic carbocycles. The van der Waals surface area contributed by atoms with Gasteiger partial charge in [0.25, 0.3) is 17.4 Å². The maximum atomic E-state index is 12.3. The number of carbonyl (C=O) groups excluding carboxylic acids is 2. The summed E-state index contributed by atoms with van der Waals surface area (Å²) < 4.78 is 1.23. The number of nitrogens with zero attached hydrogens (tertiary/aromatic N) is 1. The van der Waals surface area contributed by atoms with Gasteiger partial charge in [-0.05, 0) is 37.7 Å². The first-order valence-corrected chi connectivity index (χ1v) is 7.18. The van der Waals surface area contributed by atoms with Gasteiger partial charge in [-0.3, -0.25) is 24.3 Å². The van der Waals surface area contributed by atoms with E-state index in [0.29, 0.717) is 5.69 Å². The molecule has 2 heterocycles. The number of hydrogen-bond acceptors (Lipinski definition) is 5. The van der Waals surface area contributed by atoms with Crippen molar-refractivity contribution in [2.24, 2.45) is 0 Å². The minimum Gasteiger partial charge on any atom is -0.384 e. The lowest BCUT2D eigenvalue weighted by atomic mass is 10.1. The van der Waals surface area contributed by atoms with E-state index in [2.05, 4.69) is 10.6 Å². The van der Waals surface area contributed by atoms with Crippen molar-refractivity contribution in [2.45, 2.75) is 6.42 Å². The number of fused-ring (bicyclic) bond motifs is 1. The van der Waals surface area contributed by atoms with Gasteiger partial charge in [-0.1, -0.05) is 12.1 Å². The molecule has 0 atom stereocenters. The van der Waals surface area contributed by atoms with E-state index in [0.717, 1.165) is 24.6 Å². The third kappa shape index (κ3) is 2.51. The highest BCUT2D eigenvalue weighted by molar-refractivity contribution is 6.23. The molecule has 0 fully saturated rings. The molecule has 1 aliphatic rings. The van der Waals surface area contributed by atoms with Gasteiger partial charge < -0.3 is 11.1 Å². The molecule has 1 aromatic heterocycles. The Morgan fingerprint density at radius 1 is 1.13 bits per heavy atom. The molecule has 0 aliphatic carbocycles. The fraction of sp³-hybridized carbons (Fsp3) is 0.188. The Bertz CT molecular complexity index is 853. The van der Waals surface area contributed by atoms with Crippen LogP contribution in [0.5, 0.6) is 0 Å². The van der Waals surface area contributed by atoms with Gasteiger partial charge in [0.15, 0.2) is 0 Å². The normalized spacial score (nSPS) is 13.1. The van der Waals surface area contributed by atoms with Crippen LogP contribution in [0.3, 0.4) is 0 Å². The molecule has 0 bridgehead atoms. The van der Waals surface area contributed by atoms with Crippen LogP contribution in [0.4, 0.5) is 5.82 Å². The van der Waals surface area contributed by atoms with Gasteiger partial charge in [-0.15, -0.1) is 0 Å². The number of imide groups is 1. The lowest BCUT2D eigenvalue weighted by Crippen LogP contribution is -2.24. The molecule has 3 rings (SSSR count).